The van der Waals surface area contributed by atoms with E-state index in [1.165, 1.54) is 17.3 Å². The van der Waals surface area contributed by atoms with Gasteiger partial charge in [-0.3, -0.25) is 0 Å². The SMILES string of the molecule is CCc1cnc2[nH]ccc2c1N1CCCC(c2cccc(NC(=O)Nc3c(F)cc(F)cc3N3CCCC3)c2)C1. The largest absolute Gasteiger partial charge is 0.370 e. The van der Waals surface area contributed by atoms with Gasteiger partial charge in [-0.2, -0.15) is 0 Å². The molecular formula is C31H34F2N6O. The van der Waals surface area contributed by atoms with E-state index in [1.807, 2.05) is 35.5 Å². The number of nitrogens with one attached hydrogen (secondary N) is 3. The number of carbonyl (C=O) groups is 1. The quantitative estimate of drug-likeness (QED) is 0.244. The molecule has 7 nitrogen and oxygen atoms in total. The highest BCUT2D eigenvalue weighted by Gasteiger charge is 2.26. The number of aromatic nitrogens is 2. The number of aryl methyl sites for hydroxylation is 1. The number of pyridine rings is 1. The third-order valence-electron chi connectivity index (χ3n) is 8.09. The van der Waals surface area contributed by atoms with Crippen molar-refractivity contribution in [3.05, 3.63) is 77.6 Å². The van der Waals surface area contributed by atoms with Crippen molar-refractivity contribution >= 4 is 39.8 Å². The van der Waals surface area contributed by atoms with E-state index < -0.39 is 17.7 Å². The van der Waals surface area contributed by atoms with E-state index in [0.717, 1.165) is 67.9 Å². The number of aromatic amines is 1. The summed E-state index contributed by atoms with van der Waals surface area (Å²) in [5.41, 5.74) is 5.54. The number of hydrogen-bond acceptors (Lipinski definition) is 4. The number of hydrogen-bond donors (Lipinski definition) is 3. The Kier molecular flexibility index (Phi) is 7.28. The van der Waals surface area contributed by atoms with Gasteiger partial charge in [-0.25, -0.2) is 18.6 Å². The van der Waals surface area contributed by atoms with Crippen molar-refractivity contribution in [3.8, 4) is 0 Å². The molecule has 2 amide bonds. The smallest absolute Gasteiger partial charge is 0.323 e. The monoisotopic (exact) mass is 544 g/mol. The molecule has 0 aliphatic carbocycles. The number of benzene rings is 2. The first kappa shape index (κ1) is 26.1. The Hall–Kier alpha value is -4.14. The number of amides is 2. The van der Waals surface area contributed by atoms with Crippen LogP contribution in [0.2, 0.25) is 0 Å². The Balaban J connectivity index is 1.19. The predicted molar refractivity (Wildman–Crippen MR) is 157 cm³/mol. The standard InChI is InChI=1S/C31H34F2N6O/c1-2-20-18-35-30-25(10-11-34-30)29(20)39-14-6-8-22(19-39)21-7-5-9-24(15-21)36-31(40)37-28-26(33)16-23(32)17-27(28)38-12-3-4-13-38/h5,7,9-11,15-18,22H,2-4,6,8,12-14,19H2,1H3,(H,34,35)(H2,36,37,40). The van der Waals surface area contributed by atoms with Crippen molar-refractivity contribution in [1.29, 1.82) is 0 Å². The fraction of sp³-hybridized carbons (Fsp3) is 0.355. The third-order valence-corrected chi connectivity index (χ3v) is 8.09. The second kappa shape index (κ2) is 11.2. The molecule has 0 radical (unpaired) electrons. The summed E-state index contributed by atoms with van der Waals surface area (Å²) in [6, 6.07) is 11.5. The number of H-pyrrole nitrogens is 1. The minimum atomic E-state index is -0.785. The predicted octanol–water partition coefficient (Wildman–Crippen LogP) is 7.03. The van der Waals surface area contributed by atoms with Gasteiger partial charge < -0.3 is 25.4 Å². The van der Waals surface area contributed by atoms with E-state index in [4.69, 9.17) is 0 Å². The zero-order chi connectivity index (χ0) is 27.6. The number of piperidine rings is 1. The second-order valence-electron chi connectivity index (χ2n) is 10.7. The van der Waals surface area contributed by atoms with Crippen LogP contribution in [-0.4, -0.2) is 42.2 Å². The number of urea groups is 1. The Morgan fingerprint density at radius 3 is 2.70 bits per heavy atom. The summed E-state index contributed by atoms with van der Waals surface area (Å²) >= 11 is 0. The topological polar surface area (TPSA) is 76.3 Å². The Morgan fingerprint density at radius 2 is 1.88 bits per heavy atom. The lowest BCUT2D eigenvalue weighted by Crippen LogP contribution is -2.35. The number of rotatable bonds is 6. The normalized spacial score (nSPS) is 17.4. The fourth-order valence-corrected chi connectivity index (χ4v) is 6.16. The van der Waals surface area contributed by atoms with E-state index in [1.54, 1.807) is 0 Å². The molecule has 2 aliphatic rings. The van der Waals surface area contributed by atoms with Gasteiger partial charge in [0.2, 0.25) is 0 Å². The molecular weight excluding hydrogens is 510 g/mol. The van der Waals surface area contributed by atoms with Gasteiger partial charge in [-0.1, -0.05) is 19.1 Å². The van der Waals surface area contributed by atoms with Crippen molar-refractivity contribution in [2.75, 3.05) is 46.6 Å². The van der Waals surface area contributed by atoms with Gasteiger partial charge in [0.15, 0.2) is 5.82 Å². The van der Waals surface area contributed by atoms with E-state index in [2.05, 4.69) is 44.6 Å². The van der Waals surface area contributed by atoms with Crippen molar-refractivity contribution in [2.45, 2.75) is 44.9 Å². The molecule has 6 rings (SSSR count). The Labute approximate surface area is 232 Å². The van der Waals surface area contributed by atoms with Crippen LogP contribution in [0.3, 0.4) is 0 Å². The molecule has 4 heterocycles. The van der Waals surface area contributed by atoms with E-state index >= 15 is 0 Å². The summed E-state index contributed by atoms with van der Waals surface area (Å²) in [5.74, 6) is -1.15. The van der Waals surface area contributed by atoms with Crippen LogP contribution in [0.4, 0.5) is 36.3 Å². The molecule has 0 saturated carbocycles. The highest BCUT2D eigenvalue weighted by Crippen LogP contribution is 2.37. The lowest BCUT2D eigenvalue weighted by atomic mass is 9.89. The summed E-state index contributed by atoms with van der Waals surface area (Å²) in [5, 5.41) is 6.64. The highest BCUT2D eigenvalue weighted by atomic mass is 19.1. The van der Waals surface area contributed by atoms with Crippen LogP contribution in [0, 0.1) is 11.6 Å². The molecule has 2 saturated heterocycles. The van der Waals surface area contributed by atoms with Crippen LogP contribution in [0.5, 0.6) is 0 Å². The summed E-state index contributed by atoms with van der Waals surface area (Å²) in [7, 11) is 0. The third kappa shape index (κ3) is 5.20. The number of halogens is 2. The van der Waals surface area contributed by atoms with E-state index in [-0.39, 0.29) is 5.69 Å². The molecule has 40 heavy (non-hydrogen) atoms. The van der Waals surface area contributed by atoms with Crippen LogP contribution < -0.4 is 20.4 Å². The van der Waals surface area contributed by atoms with Gasteiger partial charge in [-0.15, -0.1) is 0 Å². The van der Waals surface area contributed by atoms with Crippen LogP contribution in [0.25, 0.3) is 11.0 Å². The average molecular weight is 545 g/mol. The highest BCUT2D eigenvalue weighted by molar-refractivity contribution is 6.02. The Morgan fingerprint density at radius 1 is 1.05 bits per heavy atom. The minimum absolute atomic E-state index is 0.0000256. The Bertz CT molecular complexity index is 1530. The van der Waals surface area contributed by atoms with Gasteiger partial charge in [0.25, 0.3) is 0 Å². The number of nitrogens with zero attached hydrogens (tertiary/aromatic N) is 3. The molecule has 2 fully saturated rings. The zero-order valence-corrected chi connectivity index (χ0v) is 22.6. The van der Waals surface area contributed by atoms with Crippen LogP contribution in [0.1, 0.15) is 49.7 Å². The van der Waals surface area contributed by atoms with E-state index in [9.17, 15) is 13.6 Å². The summed E-state index contributed by atoms with van der Waals surface area (Å²) in [6.07, 6.45) is 8.83. The second-order valence-corrected chi connectivity index (χ2v) is 10.7. The zero-order valence-electron chi connectivity index (χ0n) is 22.6. The summed E-state index contributed by atoms with van der Waals surface area (Å²) in [6.45, 7) is 5.42. The first-order chi connectivity index (χ1) is 19.5. The van der Waals surface area contributed by atoms with E-state index in [0.29, 0.717) is 30.4 Å². The molecule has 2 aromatic carbocycles. The lowest BCUT2D eigenvalue weighted by Gasteiger charge is -2.36. The fourth-order valence-electron chi connectivity index (χ4n) is 6.16. The molecule has 0 spiro atoms. The van der Waals surface area contributed by atoms with Crippen LogP contribution >= 0.6 is 0 Å². The number of anilines is 4. The molecule has 4 aromatic rings. The maximum absolute atomic E-state index is 14.8. The maximum Gasteiger partial charge on any atom is 0.323 e. The van der Waals surface area contributed by atoms with Gasteiger partial charge in [0.1, 0.15) is 17.2 Å². The molecule has 0 bridgehead atoms. The molecule has 1 unspecified atom stereocenters. The lowest BCUT2D eigenvalue weighted by molar-refractivity contribution is 0.262. The van der Waals surface area contributed by atoms with Gasteiger partial charge in [0, 0.05) is 61.6 Å². The number of carbonyl (C=O) groups excluding carboxylic acids is 1. The van der Waals surface area contributed by atoms with Crippen LogP contribution in [0.15, 0.2) is 54.9 Å². The minimum Gasteiger partial charge on any atom is -0.370 e. The number of fused-ring (bicyclic) bond motifs is 1. The van der Waals surface area contributed by atoms with Gasteiger partial charge >= 0.3 is 6.03 Å². The molecule has 2 aromatic heterocycles. The van der Waals surface area contributed by atoms with Crippen molar-refractivity contribution < 1.29 is 13.6 Å². The first-order valence-corrected chi connectivity index (χ1v) is 14.1. The van der Waals surface area contributed by atoms with Crippen molar-refractivity contribution in [2.24, 2.45) is 0 Å². The molecule has 9 heteroatoms. The molecule has 2 aliphatic heterocycles. The summed E-state index contributed by atoms with van der Waals surface area (Å²) < 4.78 is 28.8. The average Bonchev–Trinajstić information content (AvgIpc) is 3.67. The molecule has 208 valence electrons. The van der Waals surface area contributed by atoms with Crippen molar-refractivity contribution in [1.82, 2.24) is 9.97 Å². The first-order valence-electron chi connectivity index (χ1n) is 14.1. The van der Waals surface area contributed by atoms with Crippen LogP contribution in [-0.2, 0) is 6.42 Å². The maximum atomic E-state index is 14.8. The molecule has 3 N–H and O–H groups in total. The van der Waals surface area contributed by atoms with Crippen molar-refractivity contribution in [3.63, 3.8) is 0 Å². The molecule has 1 atom stereocenters. The van der Waals surface area contributed by atoms with Gasteiger partial charge in [0.05, 0.1) is 11.4 Å². The summed E-state index contributed by atoms with van der Waals surface area (Å²) in [4.78, 5) is 25.1. The van der Waals surface area contributed by atoms with Gasteiger partial charge in [-0.05, 0) is 67.5 Å².